The Kier molecular flexibility index (Phi) is 5.15. The molecule has 0 saturated carbocycles. The van der Waals surface area contributed by atoms with Crippen LogP contribution >= 0.6 is 15.9 Å². The number of hydroxylamine groups is 1. The molecule has 1 atom stereocenters. The second kappa shape index (κ2) is 7.07. The van der Waals surface area contributed by atoms with Crippen molar-refractivity contribution in [3.05, 3.63) is 64.6 Å². The van der Waals surface area contributed by atoms with Gasteiger partial charge in [-0.3, -0.25) is 4.79 Å². The molecule has 2 aromatic carbocycles. The van der Waals surface area contributed by atoms with Crippen LogP contribution in [0.5, 0.6) is 5.75 Å². The smallest absolute Gasteiger partial charge is 0.275 e. The Morgan fingerprint density at radius 1 is 1.15 bits per heavy atom. The fraction of sp³-hybridized carbons (Fsp3) is 0.133. The lowest BCUT2D eigenvalue weighted by Gasteiger charge is -2.15. The van der Waals surface area contributed by atoms with E-state index in [0.717, 1.165) is 4.47 Å². The van der Waals surface area contributed by atoms with Crippen LogP contribution in [0.25, 0.3) is 0 Å². The molecule has 0 heterocycles. The van der Waals surface area contributed by atoms with Crippen molar-refractivity contribution in [2.45, 2.75) is 13.2 Å². The molecule has 0 fully saturated rings. The van der Waals surface area contributed by atoms with E-state index in [2.05, 4.69) is 21.4 Å². The summed E-state index contributed by atoms with van der Waals surface area (Å²) in [6, 6.07) is 16.3. The minimum atomic E-state index is -0.589. The van der Waals surface area contributed by atoms with Crippen LogP contribution in [0.15, 0.2) is 59.1 Å². The molecular weight excluding hydrogens is 322 g/mol. The molecule has 5 heteroatoms. The molecule has 2 aromatic rings. The Morgan fingerprint density at radius 2 is 1.90 bits per heavy atom. The number of para-hydroxylation sites is 1. The average molecular weight is 336 g/mol. The predicted molar refractivity (Wildman–Crippen MR) is 79.2 cm³/mol. The lowest BCUT2D eigenvalue weighted by Crippen LogP contribution is -2.31. The SMILES string of the molecule is CC(ONC(=O)c1cccc(Br)c1)Oc1ccccc1. The molecule has 0 spiro atoms. The van der Waals surface area contributed by atoms with Gasteiger partial charge in [0.25, 0.3) is 5.91 Å². The van der Waals surface area contributed by atoms with Crippen LogP contribution in [-0.4, -0.2) is 12.2 Å². The van der Waals surface area contributed by atoms with E-state index in [1.54, 1.807) is 25.1 Å². The summed E-state index contributed by atoms with van der Waals surface area (Å²) in [6.45, 7) is 1.70. The first kappa shape index (κ1) is 14.6. The Labute approximate surface area is 125 Å². The maximum Gasteiger partial charge on any atom is 0.275 e. The number of hydrogen-bond donors (Lipinski definition) is 1. The van der Waals surface area contributed by atoms with E-state index in [4.69, 9.17) is 9.57 Å². The van der Waals surface area contributed by atoms with Crippen molar-refractivity contribution in [1.29, 1.82) is 0 Å². The van der Waals surface area contributed by atoms with Gasteiger partial charge in [0.2, 0.25) is 6.29 Å². The first-order valence-corrected chi connectivity index (χ1v) is 6.88. The normalized spacial score (nSPS) is 11.7. The van der Waals surface area contributed by atoms with Crippen LogP contribution in [0.1, 0.15) is 17.3 Å². The summed E-state index contributed by atoms with van der Waals surface area (Å²) in [5.74, 6) is 0.353. The number of carbonyl (C=O) groups is 1. The van der Waals surface area contributed by atoms with E-state index in [0.29, 0.717) is 11.3 Å². The summed E-state index contributed by atoms with van der Waals surface area (Å²) in [6.07, 6.45) is -0.589. The number of hydrogen-bond acceptors (Lipinski definition) is 3. The zero-order valence-corrected chi connectivity index (χ0v) is 12.5. The third-order valence-corrected chi connectivity index (χ3v) is 2.94. The predicted octanol–water partition coefficient (Wildman–Crippen LogP) is 3.54. The molecular formula is C15H14BrNO3. The van der Waals surface area contributed by atoms with Crippen LogP contribution < -0.4 is 10.2 Å². The highest BCUT2D eigenvalue weighted by Crippen LogP contribution is 2.12. The van der Waals surface area contributed by atoms with Gasteiger partial charge in [0.1, 0.15) is 5.75 Å². The zero-order chi connectivity index (χ0) is 14.4. The number of benzene rings is 2. The molecule has 2 rings (SSSR count). The number of halogens is 1. The molecule has 0 aliphatic carbocycles. The third-order valence-electron chi connectivity index (χ3n) is 2.45. The Balaban J connectivity index is 1.84. The summed E-state index contributed by atoms with van der Waals surface area (Å²) < 4.78 is 6.31. The topological polar surface area (TPSA) is 47.6 Å². The number of ether oxygens (including phenoxy) is 1. The highest BCUT2D eigenvalue weighted by atomic mass is 79.9. The molecule has 20 heavy (non-hydrogen) atoms. The van der Waals surface area contributed by atoms with Gasteiger partial charge in [-0.15, -0.1) is 0 Å². The first-order valence-electron chi connectivity index (χ1n) is 6.08. The van der Waals surface area contributed by atoms with Gasteiger partial charge in [0.15, 0.2) is 0 Å². The molecule has 1 unspecified atom stereocenters. The van der Waals surface area contributed by atoms with Gasteiger partial charge < -0.3 is 4.74 Å². The number of carbonyl (C=O) groups excluding carboxylic acids is 1. The number of amides is 1. The van der Waals surface area contributed by atoms with E-state index < -0.39 is 6.29 Å². The quantitative estimate of drug-likeness (QED) is 0.671. The van der Waals surface area contributed by atoms with E-state index in [1.165, 1.54) is 0 Å². The van der Waals surface area contributed by atoms with Gasteiger partial charge in [-0.05, 0) is 30.3 Å². The van der Waals surface area contributed by atoms with Gasteiger partial charge in [-0.2, -0.15) is 0 Å². The van der Waals surface area contributed by atoms with Gasteiger partial charge in [0.05, 0.1) is 0 Å². The fourth-order valence-electron chi connectivity index (χ4n) is 1.54. The maximum atomic E-state index is 11.8. The zero-order valence-electron chi connectivity index (χ0n) is 10.9. The number of nitrogens with one attached hydrogen (secondary N) is 1. The molecule has 1 N–H and O–H groups in total. The largest absolute Gasteiger partial charge is 0.463 e. The average Bonchev–Trinajstić information content (AvgIpc) is 2.46. The Hall–Kier alpha value is -1.85. The standard InChI is InChI=1S/C15H14BrNO3/c1-11(19-14-8-3-2-4-9-14)20-17-15(18)12-6-5-7-13(16)10-12/h2-11H,1H3,(H,17,18). The van der Waals surface area contributed by atoms with Gasteiger partial charge in [0, 0.05) is 17.0 Å². The van der Waals surface area contributed by atoms with Crippen LogP contribution in [0.4, 0.5) is 0 Å². The van der Waals surface area contributed by atoms with Gasteiger partial charge >= 0.3 is 0 Å². The molecule has 1 amide bonds. The second-order valence-corrected chi connectivity index (χ2v) is 4.97. The summed E-state index contributed by atoms with van der Waals surface area (Å²) in [5, 5.41) is 0. The Morgan fingerprint density at radius 3 is 2.60 bits per heavy atom. The van der Waals surface area contributed by atoms with E-state index in [1.807, 2.05) is 36.4 Å². The monoisotopic (exact) mass is 335 g/mol. The van der Waals surface area contributed by atoms with Crippen molar-refractivity contribution in [1.82, 2.24) is 5.48 Å². The van der Waals surface area contributed by atoms with Gasteiger partial charge in [-0.1, -0.05) is 40.2 Å². The van der Waals surface area contributed by atoms with Gasteiger partial charge in [-0.25, -0.2) is 10.3 Å². The highest BCUT2D eigenvalue weighted by molar-refractivity contribution is 9.10. The molecule has 0 saturated heterocycles. The Bertz CT molecular complexity index is 574. The third kappa shape index (κ3) is 4.36. The first-order chi connectivity index (χ1) is 9.65. The van der Waals surface area contributed by atoms with Crippen LogP contribution in [0, 0.1) is 0 Å². The van der Waals surface area contributed by atoms with E-state index in [-0.39, 0.29) is 5.91 Å². The molecule has 4 nitrogen and oxygen atoms in total. The van der Waals surface area contributed by atoms with Crippen LogP contribution in [-0.2, 0) is 4.84 Å². The maximum absolute atomic E-state index is 11.8. The molecule has 0 aromatic heterocycles. The molecule has 104 valence electrons. The summed E-state index contributed by atoms with van der Waals surface area (Å²) in [5.41, 5.74) is 2.87. The molecule has 0 aliphatic heterocycles. The fourth-order valence-corrected chi connectivity index (χ4v) is 1.94. The molecule has 0 aliphatic rings. The minimum absolute atomic E-state index is 0.324. The summed E-state index contributed by atoms with van der Waals surface area (Å²) in [7, 11) is 0. The van der Waals surface area contributed by atoms with Crippen LogP contribution in [0.2, 0.25) is 0 Å². The second-order valence-electron chi connectivity index (χ2n) is 4.06. The van der Waals surface area contributed by atoms with Crippen molar-refractivity contribution in [3.63, 3.8) is 0 Å². The minimum Gasteiger partial charge on any atom is -0.463 e. The lowest BCUT2D eigenvalue weighted by molar-refractivity contribution is -0.105. The van der Waals surface area contributed by atoms with Crippen molar-refractivity contribution in [2.24, 2.45) is 0 Å². The molecule has 0 radical (unpaired) electrons. The van der Waals surface area contributed by atoms with Crippen molar-refractivity contribution >= 4 is 21.8 Å². The number of rotatable bonds is 5. The lowest BCUT2D eigenvalue weighted by atomic mass is 10.2. The van der Waals surface area contributed by atoms with Crippen molar-refractivity contribution < 1.29 is 14.4 Å². The summed E-state index contributed by atoms with van der Waals surface area (Å²) in [4.78, 5) is 17.0. The van der Waals surface area contributed by atoms with Crippen molar-refractivity contribution in [2.75, 3.05) is 0 Å². The van der Waals surface area contributed by atoms with E-state index >= 15 is 0 Å². The highest BCUT2D eigenvalue weighted by Gasteiger charge is 2.09. The van der Waals surface area contributed by atoms with Crippen LogP contribution in [0.3, 0.4) is 0 Å². The van der Waals surface area contributed by atoms with E-state index in [9.17, 15) is 4.79 Å². The molecule has 0 bridgehead atoms. The summed E-state index contributed by atoms with van der Waals surface area (Å²) >= 11 is 3.31. The van der Waals surface area contributed by atoms with Crippen molar-refractivity contribution in [3.8, 4) is 5.75 Å².